The number of carbonyl (C=O) groups excluding carboxylic acids is 2. The molecule has 4 N–H and O–H groups in total. The average molecular weight is 313 g/mol. The van der Waals surface area contributed by atoms with E-state index in [-0.39, 0.29) is 23.5 Å². The van der Waals surface area contributed by atoms with Crippen molar-refractivity contribution >= 4 is 27.5 Å². The van der Waals surface area contributed by atoms with E-state index in [0.29, 0.717) is 5.69 Å². The molecule has 2 rings (SSSR count). The van der Waals surface area contributed by atoms with Crippen LogP contribution < -0.4 is 20.5 Å². The molecular weight excluding hydrogens is 298 g/mol. The number of piperidine rings is 1. The highest BCUT2D eigenvalue weighted by Gasteiger charge is 2.31. The quantitative estimate of drug-likeness (QED) is 0.501. The average Bonchev–Trinajstić information content (AvgIpc) is 2.41. The van der Waals surface area contributed by atoms with Crippen molar-refractivity contribution in [3.05, 3.63) is 18.2 Å². The van der Waals surface area contributed by atoms with Gasteiger partial charge in [0, 0.05) is 18.2 Å². The summed E-state index contributed by atoms with van der Waals surface area (Å²) in [5.41, 5.74) is 5.92. The van der Waals surface area contributed by atoms with Gasteiger partial charge in [-0.15, -0.1) is 0 Å². The Kier molecular flexibility index (Phi) is 4.14. The number of imide groups is 1. The van der Waals surface area contributed by atoms with Crippen LogP contribution in [-0.2, 0) is 19.6 Å². The number of nitrogens with one attached hydrogen (secondary N) is 2. The first-order chi connectivity index (χ1) is 9.83. The number of hydrogen-bond donors (Lipinski definition) is 3. The summed E-state index contributed by atoms with van der Waals surface area (Å²) in [6, 6.07) is 3.10. The van der Waals surface area contributed by atoms with Crippen molar-refractivity contribution in [2.24, 2.45) is 0 Å². The molecule has 1 aliphatic rings. The minimum atomic E-state index is -3.97. The van der Waals surface area contributed by atoms with E-state index in [1.54, 1.807) is 0 Å². The molecule has 8 nitrogen and oxygen atoms in total. The Labute approximate surface area is 121 Å². The number of hydrogen-bond acceptors (Lipinski definition) is 6. The molecule has 1 aromatic rings. The van der Waals surface area contributed by atoms with Crippen LogP contribution in [0.25, 0.3) is 0 Å². The largest absolute Gasteiger partial charge is 0.495 e. The Balaban J connectivity index is 2.27. The van der Waals surface area contributed by atoms with Gasteiger partial charge in [0.25, 0.3) is 0 Å². The number of ether oxygens (including phenoxy) is 1. The van der Waals surface area contributed by atoms with E-state index < -0.39 is 27.9 Å². The molecule has 1 atom stereocenters. The van der Waals surface area contributed by atoms with Gasteiger partial charge in [-0.2, -0.15) is 4.72 Å². The molecule has 9 heteroatoms. The van der Waals surface area contributed by atoms with E-state index in [1.807, 2.05) is 0 Å². The van der Waals surface area contributed by atoms with Gasteiger partial charge < -0.3 is 10.5 Å². The minimum absolute atomic E-state index is 0.0785. The van der Waals surface area contributed by atoms with E-state index in [0.717, 1.165) is 0 Å². The van der Waals surface area contributed by atoms with Crippen molar-refractivity contribution in [2.45, 2.75) is 23.8 Å². The maximum Gasteiger partial charge on any atom is 0.244 e. The van der Waals surface area contributed by atoms with Crippen molar-refractivity contribution in [1.82, 2.24) is 10.0 Å². The summed E-state index contributed by atoms with van der Waals surface area (Å²) in [6.07, 6.45) is 0.193. The third-order valence-electron chi connectivity index (χ3n) is 3.01. The number of anilines is 1. The van der Waals surface area contributed by atoms with E-state index in [9.17, 15) is 18.0 Å². The molecule has 0 saturated carbocycles. The molecule has 0 spiro atoms. The second kappa shape index (κ2) is 5.70. The zero-order valence-corrected chi connectivity index (χ0v) is 12.1. The third kappa shape index (κ3) is 3.31. The number of rotatable bonds is 4. The topological polar surface area (TPSA) is 128 Å². The lowest BCUT2D eigenvalue weighted by atomic mass is 10.1. The zero-order valence-electron chi connectivity index (χ0n) is 11.3. The molecule has 1 heterocycles. The van der Waals surface area contributed by atoms with Crippen LogP contribution in [0.1, 0.15) is 12.8 Å². The predicted octanol–water partition coefficient (Wildman–Crippen LogP) is -0.639. The highest BCUT2D eigenvalue weighted by atomic mass is 32.2. The van der Waals surface area contributed by atoms with Gasteiger partial charge in [0.1, 0.15) is 16.7 Å². The van der Waals surface area contributed by atoms with Crippen LogP contribution in [0.15, 0.2) is 23.1 Å². The number of benzene rings is 1. The van der Waals surface area contributed by atoms with E-state index >= 15 is 0 Å². The van der Waals surface area contributed by atoms with Gasteiger partial charge in [-0.3, -0.25) is 14.9 Å². The normalized spacial score (nSPS) is 19.2. The van der Waals surface area contributed by atoms with Crippen molar-refractivity contribution in [3.8, 4) is 5.75 Å². The highest BCUT2D eigenvalue weighted by Crippen LogP contribution is 2.26. The third-order valence-corrected chi connectivity index (χ3v) is 4.52. The number of methoxy groups -OCH3 is 1. The van der Waals surface area contributed by atoms with Crippen molar-refractivity contribution in [3.63, 3.8) is 0 Å². The lowest BCUT2D eigenvalue weighted by molar-refractivity contribution is -0.134. The Morgan fingerprint density at radius 3 is 2.71 bits per heavy atom. The molecule has 114 valence electrons. The van der Waals surface area contributed by atoms with Gasteiger partial charge in [-0.05, 0) is 18.6 Å². The summed E-state index contributed by atoms with van der Waals surface area (Å²) >= 11 is 0. The van der Waals surface area contributed by atoms with E-state index in [4.69, 9.17) is 10.5 Å². The Hall–Kier alpha value is -2.13. The molecule has 0 aromatic heterocycles. The molecule has 1 fully saturated rings. The first-order valence-electron chi connectivity index (χ1n) is 6.13. The molecule has 0 bridgehead atoms. The van der Waals surface area contributed by atoms with Crippen LogP contribution in [-0.4, -0.2) is 33.4 Å². The first-order valence-corrected chi connectivity index (χ1v) is 7.61. The summed E-state index contributed by atoms with van der Waals surface area (Å²) in [6.45, 7) is 0. The Morgan fingerprint density at radius 2 is 2.10 bits per heavy atom. The molecule has 0 radical (unpaired) electrons. The van der Waals surface area contributed by atoms with Gasteiger partial charge in [-0.1, -0.05) is 0 Å². The lowest BCUT2D eigenvalue weighted by Crippen LogP contribution is -2.52. The van der Waals surface area contributed by atoms with Gasteiger partial charge in [0.15, 0.2) is 0 Å². The molecule has 1 aromatic carbocycles. The monoisotopic (exact) mass is 313 g/mol. The van der Waals surface area contributed by atoms with Crippen LogP contribution in [0.4, 0.5) is 5.69 Å². The van der Waals surface area contributed by atoms with Crippen LogP contribution in [0.5, 0.6) is 5.75 Å². The first kappa shape index (κ1) is 15.3. The number of nitrogens with two attached hydrogens (primary N) is 1. The van der Waals surface area contributed by atoms with Crippen molar-refractivity contribution in [1.29, 1.82) is 0 Å². The molecule has 1 saturated heterocycles. The maximum atomic E-state index is 12.3. The second-order valence-electron chi connectivity index (χ2n) is 4.54. The van der Waals surface area contributed by atoms with Crippen LogP contribution in [0.3, 0.4) is 0 Å². The molecular formula is C12H15N3O5S. The van der Waals surface area contributed by atoms with E-state index in [1.165, 1.54) is 25.3 Å². The standard InChI is InChI=1S/C12H15N3O5S/c1-20-9-6-7(13)2-4-10(9)21(18,19)15-8-3-5-11(16)14-12(8)17/h2,4,6,8,15H,3,5,13H2,1H3,(H,14,16,17). The maximum absolute atomic E-state index is 12.3. The smallest absolute Gasteiger partial charge is 0.244 e. The molecule has 0 aliphatic carbocycles. The fraction of sp³-hybridized carbons (Fsp3) is 0.333. The molecule has 1 aliphatic heterocycles. The number of sulfonamides is 1. The minimum Gasteiger partial charge on any atom is -0.495 e. The van der Waals surface area contributed by atoms with Crippen LogP contribution >= 0.6 is 0 Å². The fourth-order valence-corrected chi connectivity index (χ4v) is 3.34. The van der Waals surface area contributed by atoms with Gasteiger partial charge in [-0.25, -0.2) is 8.42 Å². The zero-order chi connectivity index (χ0) is 15.6. The SMILES string of the molecule is COc1cc(N)ccc1S(=O)(=O)NC1CCC(=O)NC1=O. The Bertz CT molecular complexity index is 686. The summed E-state index contributed by atoms with van der Waals surface area (Å²) in [4.78, 5) is 22.5. The van der Waals surface area contributed by atoms with Gasteiger partial charge >= 0.3 is 0 Å². The number of nitrogen functional groups attached to an aromatic ring is 1. The van der Waals surface area contributed by atoms with E-state index in [2.05, 4.69) is 10.0 Å². The second-order valence-corrected chi connectivity index (χ2v) is 6.22. The van der Waals surface area contributed by atoms with Crippen LogP contribution in [0.2, 0.25) is 0 Å². The molecule has 2 amide bonds. The van der Waals surface area contributed by atoms with Crippen molar-refractivity contribution < 1.29 is 22.7 Å². The van der Waals surface area contributed by atoms with Gasteiger partial charge in [0.2, 0.25) is 21.8 Å². The van der Waals surface area contributed by atoms with Gasteiger partial charge in [0.05, 0.1) is 7.11 Å². The number of amides is 2. The number of carbonyl (C=O) groups is 2. The Morgan fingerprint density at radius 1 is 1.38 bits per heavy atom. The molecule has 21 heavy (non-hydrogen) atoms. The van der Waals surface area contributed by atoms with Crippen molar-refractivity contribution in [2.75, 3.05) is 12.8 Å². The fourth-order valence-electron chi connectivity index (χ4n) is 1.96. The van der Waals surface area contributed by atoms with Crippen LogP contribution in [0, 0.1) is 0 Å². The summed E-state index contributed by atoms with van der Waals surface area (Å²) in [5, 5.41) is 2.09. The summed E-state index contributed by atoms with van der Waals surface area (Å²) < 4.78 is 31.9. The molecule has 1 unspecified atom stereocenters. The summed E-state index contributed by atoms with van der Waals surface area (Å²) in [7, 11) is -2.65. The highest BCUT2D eigenvalue weighted by molar-refractivity contribution is 7.89. The summed E-state index contributed by atoms with van der Waals surface area (Å²) in [5.74, 6) is -1.00. The predicted molar refractivity (Wildman–Crippen MR) is 73.9 cm³/mol. The lowest BCUT2D eigenvalue weighted by Gasteiger charge is -2.22.